The molecule has 2 aromatic rings. The third-order valence-corrected chi connectivity index (χ3v) is 6.51. The van der Waals surface area contributed by atoms with Crippen molar-refractivity contribution in [3.8, 4) is 0 Å². The predicted octanol–water partition coefficient (Wildman–Crippen LogP) is 3.38. The minimum Gasteiger partial charge on any atom is -0.379 e. The third-order valence-electron chi connectivity index (χ3n) is 6.51. The molecule has 2 atom stereocenters. The van der Waals surface area contributed by atoms with Gasteiger partial charge in [0.05, 0.1) is 19.1 Å². The van der Waals surface area contributed by atoms with E-state index in [-0.39, 0.29) is 11.8 Å². The van der Waals surface area contributed by atoms with Gasteiger partial charge in [0, 0.05) is 45.8 Å². The highest BCUT2D eigenvalue weighted by Crippen LogP contribution is 2.26. The van der Waals surface area contributed by atoms with E-state index in [4.69, 9.17) is 4.74 Å². The lowest BCUT2D eigenvalue weighted by molar-refractivity contribution is -0.128. The molecule has 2 aliphatic heterocycles. The molecule has 2 heterocycles. The van der Waals surface area contributed by atoms with Crippen LogP contribution in [-0.2, 0) is 16.1 Å². The summed E-state index contributed by atoms with van der Waals surface area (Å²) in [6.07, 6.45) is 0.982. The highest BCUT2D eigenvalue weighted by Gasteiger charge is 2.32. The molecule has 2 saturated heterocycles. The van der Waals surface area contributed by atoms with E-state index in [1.165, 1.54) is 16.3 Å². The molecule has 2 aliphatic rings. The van der Waals surface area contributed by atoms with Crippen molar-refractivity contribution in [3.05, 3.63) is 48.0 Å². The van der Waals surface area contributed by atoms with E-state index in [0.717, 1.165) is 65.4 Å². The highest BCUT2D eigenvalue weighted by molar-refractivity contribution is 5.83. The molecule has 1 amide bonds. The molecule has 2 fully saturated rings. The van der Waals surface area contributed by atoms with Gasteiger partial charge < -0.3 is 10.1 Å². The Morgan fingerprint density at radius 1 is 1.06 bits per heavy atom. The van der Waals surface area contributed by atoms with Gasteiger partial charge in [-0.05, 0) is 40.7 Å². The van der Waals surface area contributed by atoms with Gasteiger partial charge in [0.15, 0.2) is 0 Å². The molecule has 0 unspecified atom stereocenters. The average Bonchev–Trinajstić information content (AvgIpc) is 2.78. The normalized spacial score (nSPS) is 23.3. The number of morpholine rings is 1. The van der Waals surface area contributed by atoms with Gasteiger partial charge in [0.1, 0.15) is 0 Å². The standard InChI is InChI=1S/C26H37N3O2/c1-20(2)15-27-26(30)25-14-22(17-28-9-11-31-12-10-28)18-29(19-25)16-21-7-8-23-5-3-4-6-24(23)13-21/h3-8,13,20,22,25H,9-12,14-19H2,1-2H3,(H,27,30)/t22-,25-/m1/s1. The molecule has 0 bridgehead atoms. The lowest BCUT2D eigenvalue weighted by atomic mass is 9.87. The van der Waals surface area contributed by atoms with Crippen LogP contribution >= 0.6 is 0 Å². The minimum atomic E-state index is 0.0685. The zero-order valence-electron chi connectivity index (χ0n) is 19.1. The van der Waals surface area contributed by atoms with Crippen LogP contribution in [0.5, 0.6) is 0 Å². The van der Waals surface area contributed by atoms with Gasteiger partial charge in [-0.3, -0.25) is 14.6 Å². The molecule has 0 radical (unpaired) electrons. The number of carbonyl (C=O) groups excluding carboxylic acids is 1. The third kappa shape index (κ3) is 6.28. The molecule has 1 N–H and O–H groups in total. The van der Waals surface area contributed by atoms with E-state index in [0.29, 0.717) is 11.8 Å². The van der Waals surface area contributed by atoms with Gasteiger partial charge in [-0.2, -0.15) is 0 Å². The lowest BCUT2D eigenvalue weighted by Gasteiger charge is -2.40. The first-order chi connectivity index (χ1) is 15.1. The van der Waals surface area contributed by atoms with Crippen molar-refractivity contribution >= 4 is 16.7 Å². The van der Waals surface area contributed by atoms with Crippen molar-refractivity contribution in [2.75, 3.05) is 52.5 Å². The fourth-order valence-electron chi connectivity index (χ4n) is 4.95. The van der Waals surface area contributed by atoms with Crippen molar-refractivity contribution in [2.45, 2.75) is 26.8 Å². The van der Waals surface area contributed by atoms with Crippen LogP contribution in [0.15, 0.2) is 42.5 Å². The summed E-state index contributed by atoms with van der Waals surface area (Å²) in [7, 11) is 0. The number of hydrogen-bond donors (Lipinski definition) is 1. The van der Waals surface area contributed by atoms with Gasteiger partial charge >= 0.3 is 0 Å². The predicted molar refractivity (Wildman–Crippen MR) is 126 cm³/mol. The summed E-state index contributed by atoms with van der Waals surface area (Å²) in [6.45, 7) is 12.6. The Hall–Kier alpha value is -1.95. The quantitative estimate of drug-likeness (QED) is 0.742. The number of fused-ring (bicyclic) bond motifs is 1. The number of ether oxygens (including phenoxy) is 1. The number of carbonyl (C=O) groups is 1. The Balaban J connectivity index is 1.45. The van der Waals surface area contributed by atoms with Crippen LogP contribution in [0.4, 0.5) is 0 Å². The van der Waals surface area contributed by atoms with Crippen molar-refractivity contribution < 1.29 is 9.53 Å². The number of amides is 1. The Morgan fingerprint density at radius 2 is 1.84 bits per heavy atom. The average molecular weight is 424 g/mol. The summed E-state index contributed by atoms with van der Waals surface area (Å²) in [5, 5.41) is 5.75. The highest BCUT2D eigenvalue weighted by atomic mass is 16.5. The Bertz CT molecular complexity index is 863. The molecule has 168 valence electrons. The second-order valence-electron chi connectivity index (χ2n) is 9.73. The van der Waals surface area contributed by atoms with Crippen LogP contribution < -0.4 is 5.32 Å². The molecular formula is C26H37N3O2. The fourth-order valence-corrected chi connectivity index (χ4v) is 4.95. The molecule has 31 heavy (non-hydrogen) atoms. The Morgan fingerprint density at radius 3 is 2.61 bits per heavy atom. The number of nitrogens with zero attached hydrogens (tertiary/aromatic N) is 2. The van der Waals surface area contributed by atoms with Crippen molar-refractivity contribution in [2.24, 2.45) is 17.8 Å². The maximum atomic E-state index is 12.9. The number of rotatable bonds is 7. The second kappa shape index (κ2) is 10.6. The number of piperidine rings is 1. The summed E-state index contributed by atoms with van der Waals surface area (Å²) < 4.78 is 5.52. The minimum absolute atomic E-state index is 0.0685. The molecule has 5 heteroatoms. The maximum absolute atomic E-state index is 12.9. The van der Waals surface area contributed by atoms with Gasteiger partial charge in [-0.1, -0.05) is 50.2 Å². The second-order valence-corrected chi connectivity index (χ2v) is 9.73. The Kier molecular flexibility index (Phi) is 7.59. The van der Waals surface area contributed by atoms with Crippen LogP contribution in [0.1, 0.15) is 25.8 Å². The van der Waals surface area contributed by atoms with Crippen molar-refractivity contribution in [1.82, 2.24) is 15.1 Å². The van der Waals surface area contributed by atoms with E-state index in [1.807, 2.05) is 0 Å². The summed E-state index contributed by atoms with van der Waals surface area (Å²) >= 11 is 0. The first kappa shape index (κ1) is 22.3. The molecular weight excluding hydrogens is 386 g/mol. The van der Waals surface area contributed by atoms with Gasteiger partial charge in [0.25, 0.3) is 0 Å². The Labute approximate surface area is 186 Å². The van der Waals surface area contributed by atoms with Crippen LogP contribution in [-0.4, -0.2) is 68.2 Å². The first-order valence-electron chi connectivity index (χ1n) is 11.8. The lowest BCUT2D eigenvalue weighted by Crippen LogP contribution is -2.50. The van der Waals surface area contributed by atoms with Crippen LogP contribution in [0.3, 0.4) is 0 Å². The monoisotopic (exact) mass is 423 g/mol. The smallest absolute Gasteiger partial charge is 0.224 e. The van der Waals surface area contributed by atoms with E-state index >= 15 is 0 Å². The fraction of sp³-hybridized carbons (Fsp3) is 0.577. The summed E-state index contributed by atoms with van der Waals surface area (Å²) in [6, 6.07) is 15.3. The largest absolute Gasteiger partial charge is 0.379 e. The van der Waals surface area contributed by atoms with E-state index < -0.39 is 0 Å². The topological polar surface area (TPSA) is 44.8 Å². The van der Waals surface area contributed by atoms with Crippen LogP contribution in [0.25, 0.3) is 10.8 Å². The SMILES string of the molecule is CC(C)CNC(=O)[C@@H]1C[C@H](CN2CCOCC2)CN(Cc2ccc3ccccc3c2)C1. The van der Waals surface area contributed by atoms with Gasteiger partial charge in [-0.15, -0.1) is 0 Å². The number of likely N-dealkylation sites (tertiary alicyclic amines) is 1. The van der Waals surface area contributed by atoms with Gasteiger partial charge in [0.2, 0.25) is 5.91 Å². The summed E-state index contributed by atoms with van der Waals surface area (Å²) in [5.74, 6) is 1.29. The number of hydrogen-bond acceptors (Lipinski definition) is 4. The summed E-state index contributed by atoms with van der Waals surface area (Å²) in [4.78, 5) is 18.0. The molecule has 0 spiro atoms. The van der Waals surface area contributed by atoms with Crippen LogP contribution in [0, 0.1) is 17.8 Å². The molecule has 5 nitrogen and oxygen atoms in total. The van der Waals surface area contributed by atoms with Crippen molar-refractivity contribution in [3.63, 3.8) is 0 Å². The molecule has 4 rings (SSSR count). The maximum Gasteiger partial charge on any atom is 0.224 e. The number of benzene rings is 2. The van der Waals surface area contributed by atoms with Crippen LogP contribution in [0.2, 0.25) is 0 Å². The van der Waals surface area contributed by atoms with E-state index in [9.17, 15) is 4.79 Å². The number of nitrogens with one attached hydrogen (secondary N) is 1. The van der Waals surface area contributed by atoms with Gasteiger partial charge in [-0.25, -0.2) is 0 Å². The molecule has 2 aromatic carbocycles. The molecule has 0 aliphatic carbocycles. The molecule has 0 saturated carbocycles. The summed E-state index contributed by atoms with van der Waals surface area (Å²) in [5.41, 5.74) is 1.33. The molecule has 0 aromatic heterocycles. The van der Waals surface area contributed by atoms with E-state index in [1.54, 1.807) is 0 Å². The van der Waals surface area contributed by atoms with Crippen molar-refractivity contribution in [1.29, 1.82) is 0 Å². The zero-order valence-corrected chi connectivity index (χ0v) is 19.1. The first-order valence-corrected chi connectivity index (χ1v) is 11.8. The van der Waals surface area contributed by atoms with E-state index in [2.05, 4.69) is 71.4 Å². The zero-order chi connectivity index (χ0) is 21.6.